The van der Waals surface area contributed by atoms with Crippen LogP contribution < -0.4 is 4.74 Å². The second kappa shape index (κ2) is 9.07. The van der Waals surface area contributed by atoms with Crippen LogP contribution in [0.4, 0.5) is 0 Å². The number of piperidine rings is 1. The minimum Gasteiger partial charge on any atom is -0.488 e. The Balaban J connectivity index is 1.53. The molecule has 2 aromatic carbocycles. The van der Waals surface area contributed by atoms with Gasteiger partial charge in [-0.05, 0) is 42.2 Å². The standard InChI is InChI=1S/C22H29NO4S/c1-17(2)18-7-6-8-19(15-18)27-22-11-12-23(16-21(22)24)13-14-28(25,26)20-9-4-3-5-10-20/h3-10,15,17,21-22,24H,11-14,16H2,1-2H3/t21-,22-/m1/s1. The second-order valence-electron chi connectivity index (χ2n) is 7.67. The largest absolute Gasteiger partial charge is 0.488 e. The van der Waals surface area contributed by atoms with Crippen molar-refractivity contribution in [3.05, 3.63) is 60.2 Å². The van der Waals surface area contributed by atoms with Crippen molar-refractivity contribution in [2.45, 2.75) is 43.3 Å². The summed E-state index contributed by atoms with van der Waals surface area (Å²) in [7, 11) is -3.31. The maximum Gasteiger partial charge on any atom is 0.179 e. The van der Waals surface area contributed by atoms with Crippen molar-refractivity contribution >= 4 is 9.84 Å². The minimum atomic E-state index is -3.31. The van der Waals surface area contributed by atoms with Gasteiger partial charge in [-0.15, -0.1) is 0 Å². The summed E-state index contributed by atoms with van der Waals surface area (Å²) in [5, 5.41) is 10.5. The number of hydrogen-bond donors (Lipinski definition) is 1. The molecule has 0 aliphatic carbocycles. The van der Waals surface area contributed by atoms with Crippen molar-refractivity contribution in [2.24, 2.45) is 0 Å². The van der Waals surface area contributed by atoms with E-state index in [1.165, 1.54) is 5.56 Å². The van der Waals surface area contributed by atoms with Gasteiger partial charge in [-0.2, -0.15) is 0 Å². The highest BCUT2D eigenvalue weighted by Gasteiger charge is 2.30. The highest BCUT2D eigenvalue weighted by atomic mass is 32.2. The summed E-state index contributed by atoms with van der Waals surface area (Å²) in [6.45, 7) is 5.80. The molecule has 0 saturated carbocycles. The number of rotatable bonds is 7. The SMILES string of the molecule is CC(C)c1cccc(O[C@@H]2CCN(CCS(=O)(=O)c3ccccc3)C[C@H]2O)c1. The number of likely N-dealkylation sites (tertiary alicyclic amines) is 1. The van der Waals surface area contributed by atoms with E-state index in [-0.39, 0.29) is 11.9 Å². The zero-order valence-electron chi connectivity index (χ0n) is 16.5. The average Bonchev–Trinajstić information content (AvgIpc) is 2.69. The Hall–Kier alpha value is -1.89. The van der Waals surface area contributed by atoms with Crippen LogP contribution in [0.1, 0.15) is 31.7 Å². The quantitative estimate of drug-likeness (QED) is 0.769. The van der Waals surface area contributed by atoms with Crippen molar-refractivity contribution in [2.75, 3.05) is 25.4 Å². The van der Waals surface area contributed by atoms with Gasteiger partial charge in [-0.1, -0.05) is 44.2 Å². The Kier molecular flexibility index (Phi) is 6.75. The fraction of sp³-hybridized carbons (Fsp3) is 0.455. The van der Waals surface area contributed by atoms with E-state index >= 15 is 0 Å². The maximum atomic E-state index is 12.4. The van der Waals surface area contributed by atoms with E-state index in [1.807, 2.05) is 23.1 Å². The number of hydrogen-bond acceptors (Lipinski definition) is 5. The van der Waals surface area contributed by atoms with Crippen molar-refractivity contribution in [1.29, 1.82) is 0 Å². The molecule has 3 rings (SSSR count). The molecule has 0 aromatic heterocycles. The summed E-state index contributed by atoms with van der Waals surface area (Å²) >= 11 is 0. The molecule has 0 unspecified atom stereocenters. The van der Waals surface area contributed by atoms with Gasteiger partial charge in [0.05, 0.1) is 10.6 Å². The monoisotopic (exact) mass is 403 g/mol. The van der Waals surface area contributed by atoms with Crippen LogP contribution in [0.15, 0.2) is 59.5 Å². The van der Waals surface area contributed by atoms with Crippen LogP contribution in [-0.2, 0) is 9.84 Å². The van der Waals surface area contributed by atoms with E-state index in [0.29, 0.717) is 36.9 Å². The van der Waals surface area contributed by atoms with Gasteiger partial charge in [0.2, 0.25) is 0 Å². The third-order valence-corrected chi connectivity index (χ3v) is 6.91. The molecule has 5 nitrogen and oxygen atoms in total. The third-order valence-electron chi connectivity index (χ3n) is 5.20. The molecule has 6 heteroatoms. The van der Waals surface area contributed by atoms with Crippen molar-refractivity contribution in [3.8, 4) is 5.75 Å². The fourth-order valence-electron chi connectivity index (χ4n) is 3.43. The molecule has 1 saturated heterocycles. The molecular formula is C22H29NO4S. The van der Waals surface area contributed by atoms with E-state index in [4.69, 9.17) is 4.74 Å². The summed E-state index contributed by atoms with van der Waals surface area (Å²) in [6, 6.07) is 16.5. The van der Waals surface area contributed by atoms with E-state index in [1.54, 1.807) is 30.3 Å². The summed E-state index contributed by atoms with van der Waals surface area (Å²) < 4.78 is 30.9. The summed E-state index contributed by atoms with van der Waals surface area (Å²) in [4.78, 5) is 2.34. The molecule has 1 fully saturated rings. The first-order valence-electron chi connectivity index (χ1n) is 9.80. The van der Waals surface area contributed by atoms with Gasteiger partial charge < -0.3 is 9.84 Å². The van der Waals surface area contributed by atoms with E-state index in [9.17, 15) is 13.5 Å². The van der Waals surface area contributed by atoms with Crippen LogP contribution in [0, 0.1) is 0 Å². The smallest absolute Gasteiger partial charge is 0.179 e. The molecule has 28 heavy (non-hydrogen) atoms. The van der Waals surface area contributed by atoms with Crippen LogP contribution >= 0.6 is 0 Å². The number of aliphatic hydroxyl groups is 1. The van der Waals surface area contributed by atoms with Gasteiger partial charge in [-0.3, -0.25) is 4.90 Å². The van der Waals surface area contributed by atoms with Gasteiger partial charge in [0, 0.05) is 19.6 Å². The predicted molar refractivity (Wildman–Crippen MR) is 111 cm³/mol. The lowest BCUT2D eigenvalue weighted by Crippen LogP contribution is -2.50. The fourth-order valence-corrected chi connectivity index (χ4v) is 4.74. The molecule has 1 aliphatic rings. The van der Waals surface area contributed by atoms with Crippen LogP contribution in [0.5, 0.6) is 5.75 Å². The molecule has 2 atom stereocenters. The topological polar surface area (TPSA) is 66.8 Å². The normalized spacial score (nSPS) is 21.0. The number of sulfone groups is 1. The van der Waals surface area contributed by atoms with Gasteiger partial charge in [0.1, 0.15) is 18.0 Å². The van der Waals surface area contributed by atoms with Crippen molar-refractivity contribution in [1.82, 2.24) is 4.90 Å². The van der Waals surface area contributed by atoms with Crippen molar-refractivity contribution < 1.29 is 18.3 Å². The van der Waals surface area contributed by atoms with Crippen LogP contribution in [0.3, 0.4) is 0 Å². The lowest BCUT2D eigenvalue weighted by molar-refractivity contribution is -0.0236. The molecule has 0 spiro atoms. The Labute approximate surface area is 167 Å². The molecule has 1 heterocycles. The molecule has 0 radical (unpaired) electrons. The number of aliphatic hydroxyl groups excluding tert-OH is 1. The Morgan fingerprint density at radius 3 is 2.57 bits per heavy atom. The Morgan fingerprint density at radius 2 is 1.89 bits per heavy atom. The molecule has 1 aliphatic heterocycles. The molecular weight excluding hydrogens is 374 g/mol. The first kappa shape index (κ1) is 20.8. The van der Waals surface area contributed by atoms with E-state index < -0.39 is 15.9 Å². The second-order valence-corrected chi connectivity index (χ2v) is 9.78. The number of benzene rings is 2. The highest BCUT2D eigenvalue weighted by Crippen LogP contribution is 2.24. The highest BCUT2D eigenvalue weighted by molar-refractivity contribution is 7.91. The maximum absolute atomic E-state index is 12.4. The summed E-state index contributed by atoms with van der Waals surface area (Å²) in [6.07, 6.45) is -0.251. The minimum absolute atomic E-state index is 0.0473. The first-order valence-corrected chi connectivity index (χ1v) is 11.5. The van der Waals surface area contributed by atoms with E-state index in [2.05, 4.69) is 19.9 Å². The van der Waals surface area contributed by atoms with Gasteiger partial charge in [0.15, 0.2) is 9.84 Å². The van der Waals surface area contributed by atoms with Crippen LogP contribution in [0.25, 0.3) is 0 Å². The third kappa shape index (κ3) is 5.34. The lowest BCUT2D eigenvalue weighted by atomic mass is 10.0. The molecule has 2 aromatic rings. The summed E-state index contributed by atoms with van der Waals surface area (Å²) in [5.41, 5.74) is 1.20. The lowest BCUT2D eigenvalue weighted by Gasteiger charge is -2.35. The van der Waals surface area contributed by atoms with Gasteiger partial charge in [0.25, 0.3) is 0 Å². The Morgan fingerprint density at radius 1 is 1.14 bits per heavy atom. The molecule has 1 N–H and O–H groups in total. The predicted octanol–water partition coefficient (Wildman–Crippen LogP) is 3.10. The Bertz CT molecular complexity index is 867. The molecule has 152 valence electrons. The zero-order valence-corrected chi connectivity index (χ0v) is 17.3. The summed E-state index contributed by atoms with van der Waals surface area (Å²) in [5.74, 6) is 1.24. The van der Waals surface area contributed by atoms with Crippen LogP contribution in [-0.4, -0.2) is 56.0 Å². The van der Waals surface area contributed by atoms with Crippen molar-refractivity contribution in [3.63, 3.8) is 0 Å². The average molecular weight is 404 g/mol. The number of β-amino-alcohol motifs (C(OH)–C–C–N with tert-alkyl or cyclic N) is 1. The molecule has 0 bridgehead atoms. The van der Waals surface area contributed by atoms with Gasteiger partial charge in [-0.25, -0.2) is 8.42 Å². The zero-order chi connectivity index (χ0) is 20.1. The molecule has 0 amide bonds. The first-order chi connectivity index (χ1) is 13.3. The number of nitrogens with zero attached hydrogens (tertiary/aromatic N) is 1. The van der Waals surface area contributed by atoms with Crippen LogP contribution in [0.2, 0.25) is 0 Å². The van der Waals surface area contributed by atoms with E-state index in [0.717, 1.165) is 5.75 Å². The number of ether oxygens (including phenoxy) is 1. The van der Waals surface area contributed by atoms with Gasteiger partial charge >= 0.3 is 0 Å².